The molecule has 1 aromatic rings. The van der Waals surface area contributed by atoms with Crippen LogP contribution >= 0.6 is 0 Å². The van der Waals surface area contributed by atoms with E-state index in [9.17, 15) is 9.59 Å². The van der Waals surface area contributed by atoms with Gasteiger partial charge < -0.3 is 10.2 Å². The summed E-state index contributed by atoms with van der Waals surface area (Å²) in [6.07, 6.45) is 13.2. The predicted octanol–water partition coefficient (Wildman–Crippen LogP) is 4.95. The minimum Gasteiger partial charge on any atom is -0.332 e. The van der Waals surface area contributed by atoms with Gasteiger partial charge in [-0.3, -0.25) is 9.59 Å². The van der Waals surface area contributed by atoms with Crippen molar-refractivity contribution in [3.05, 3.63) is 35.4 Å². The molecule has 26 heavy (non-hydrogen) atoms. The van der Waals surface area contributed by atoms with Gasteiger partial charge in [-0.15, -0.1) is 0 Å². The van der Waals surface area contributed by atoms with E-state index in [1.165, 1.54) is 51.9 Å². The fourth-order valence-corrected chi connectivity index (χ4v) is 4.47. The molecule has 1 atom stereocenters. The first-order valence-electron chi connectivity index (χ1n) is 10.4. The molecule has 4 nitrogen and oxygen atoms in total. The van der Waals surface area contributed by atoms with Crippen LogP contribution in [-0.2, 0) is 4.79 Å². The molecule has 0 spiro atoms. The van der Waals surface area contributed by atoms with Gasteiger partial charge in [0.25, 0.3) is 5.91 Å². The molecule has 1 N–H and O–H groups in total. The van der Waals surface area contributed by atoms with Crippen molar-refractivity contribution in [2.75, 3.05) is 0 Å². The van der Waals surface area contributed by atoms with Gasteiger partial charge >= 0.3 is 0 Å². The van der Waals surface area contributed by atoms with Crippen molar-refractivity contribution in [3.8, 4) is 0 Å². The number of benzene rings is 1. The first kappa shape index (κ1) is 18.9. The normalized spacial score (nSPS) is 23.0. The Labute approximate surface area is 157 Å². The van der Waals surface area contributed by atoms with Crippen LogP contribution in [0.5, 0.6) is 0 Å². The molecular formula is C22H32N2O2. The van der Waals surface area contributed by atoms with Gasteiger partial charge in [-0.1, -0.05) is 76.0 Å². The Kier molecular flexibility index (Phi) is 6.70. The average Bonchev–Trinajstić information content (AvgIpc) is 2.88. The number of hydrogen-bond donors (Lipinski definition) is 1. The number of carbonyl (C=O) groups excluding carboxylic acids is 2. The molecule has 1 aliphatic heterocycles. The van der Waals surface area contributed by atoms with Crippen LogP contribution in [0.25, 0.3) is 0 Å². The van der Waals surface area contributed by atoms with E-state index in [-0.39, 0.29) is 24.0 Å². The van der Waals surface area contributed by atoms with Crippen LogP contribution in [0.2, 0.25) is 0 Å². The highest BCUT2D eigenvalue weighted by atomic mass is 16.2. The number of fused-ring (bicyclic) bond motifs is 1. The molecule has 1 fully saturated rings. The molecule has 3 rings (SSSR count). The Morgan fingerprint density at radius 2 is 1.46 bits per heavy atom. The first-order valence-corrected chi connectivity index (χ1v) is 10.4. The SMILES string of the molecule is CC(=O)NC1c2ccccc2C(=O)N1C1CCCCCCCCCCC1. The molecule has 0 bridgehead atoms. The Balaban J connectivity index is 1.80. The molecule has 1 heterocycles. The summed E-state index contributed by atoms with van der Waals surface area (Å²) < 4.78 is 0. The molecule has 0 aromatic heterocycles. The topological polar surface area (TPSA) is 49.4 Å². The molecule has 1 saturated carbocycles. The molecule has 0 saturated heterocycles. The second-order valence-electron chi connectivity index (χ2n) is 7.82. The van der Waals surface area contributed by atoms with Gasteiger partial charge in [-0.25, -0.2) is 0 Å². The van der Waals surface area contributed by atoms with E-state index in [1.54, 1.807) is 0 Å². The third kappa shape index (κ3) is 4.46. The van der Waals surface area contributed by atoms with Crippen molar-refractivity contribution < 1.29 is 9.59 Å². The maximum Gasteiger partial charge on any atom is 0.256 e. The second kappa shape index (κ2) is 9.20. The maximum absolute atomic E-state index is 13.1. The van der Waals surface area contributed by atoms with Crippen LogP contribution in [0.4, 0.5) is 0 Å². The number of rotatable bonds is 2. The smallest absolute Gasteiger partial charge is 0.256 e. The van der Waals surface area contributed by atoms with E-state index < -0.39 is 0 Å². The Morgan fingerprint density at radius 3 is 2.04 bits per heavy atom. The van der Waals surface area contributed by atoms with Crippen LogP contribution in [0, 0.1) is 0 Å². The average molecular weight is 357 g/mol. The number of carbonyl (C=O) groups is 2. The molecule has 142 valence electrons. The lowest BCUT2D eigenvalue weighted by atomic mass is 9.96. The molecule has 4 heteroatoms. The van der Waals surface area contributed by atoms with Gasteiger partial charge in [-0.05, 0) is 18.9 Å². The number of nitrogens with zero attached hydrogens (tertiary/aromatic N) is 1. The van der Waals surface area contributed by atoms with Crippen LogP contribution < -0.4 is 5.32 Å². The van der Waals surface area contributed by atoms with Gasteiger partial charge in [0.15, 0.2) is 0 Å². The first-order chi connectivity index (χ1) is 12.7. The highest BCUT2D eigenvalue weighted by Crippen LogP contribution is 2.36. The summed E-state index contributed by atoms with van der Waals surface area (Å²) in [5.74, 6) is -0.00546. The van der Waals surface area contributed by atoms with E-state index >= 15 is 0 Å². The summed E-state index contributed by atoms with van der Waals surface area (Å²) in [7, 11) is 0. The van der Waals surface area contributed by atoms with Gasteiger partial charge in [0.2, 0.25) is 5.91 Å². The lowest BCUT2D eigenvalue weighted by Gasteiger charge is -2.34. The fraction of sp³-hybridized carbons (Fsp3) is 0.636. The van der Waals surface area contributed by atoms with E-state index in [4.69, 9.17) is 0 Å². The van der Waals surface area contributed by atoms with Gasteiger partial charge in [0.05, 0.1) is 0 Å². The van der Waals surface area contributed by atoms with Crippen molar-refractivity contribution in [3.63, 3.8) is 0 Å². The largest absolute Gasteiger partial charge is 0.332 e. The Bertz CT molecular complexity index is 616. The highest BCUT2D eigenvalue weighted by Gasteiger charge is 2.40. The Morgan fingerprint density at radius 1 is 0.923 bits per heavy atom. The minimum absolute atomic E-state index is 0.0800. The highest BCUT2D eigenvalue weighted by molar-refractivity contribution is 5.99. The molecule has 0 radical (unpaired) electrons. The van der Waals surface area contributed by atoms with Crippen molar-refractivity contribution in [2.45, 2.75) is 89.8 Å². The monoisotopic (exact) mass is 356 g/mol. The zero-order valence-electron chi connectivity index (χ0n) is 16.0. The van der Waals surface area contributed by atoms with Crippen molar-refractivity contribution in [1.29, 1.82) is 0 Å². The standard InChI is InChI=1S/C22H32N2O2/c1-17(25)23-21-19-15-11-12-16-20(19)22(26)24(21)18-13-9-7-5-3-2-4-6-8-10-14-18/h11-12,15-16,18,21H,2-10,13-14H2,1H3,(H,23,25). The van der Waals surface area contributed by atoms with Gasteiger partial charge in [0.1, 0.15) is 6.17 Å². The number of nitrogens with one attached hydrogen (secondary N) is 1. The summed E-state index contributed by atoms with van der Waals surface area (Å²) in [4.78, 5) is 26.9. The quantitative estimate of drug-likeness (QED) is 0.815. The molecule has 2 aliphatic rings. The maximum atomic E-state index is 13.1. The molecule has 1 aromatic carbocycles. The Hall–Kier alpha value is -1.84. The summed E-state index contributed by atoms with van der Waals surface area (Å²) in [5.41, 5.74) is 1.69. The number of amides is 2. The van der Waals surface area contributed by atoms with Gasteiger partial charge in [-0.2, -0.15) is 0 Å². The number of hydrogen-bond acceptors (Lipinski definition) is 2. The summed E-state index contributed by atoms with van der Waals surface area (Å²) in [6, 6.07) is 7.94. The van der Waals surface area contributed by atoms with E-state index in [0.29, 0.717) is 0 Å². The van der Waals surface area contributed by atoms with Crippen LogP contribution in [0.1, 0.15) is 99.6 Å². The third-order valence-electron chi connectivity index (χ3n) is 5.81. The van der Waals surface area contributed by atoms with Crippen molar-refractivity contribution in [2.24, 2.45) is 0 Å². The zero-order valence-corrected chi connectivity index (χ0v) is 16.0. The molecule has 1 aliphatic carbocycles. The van der Waals surface area contributed by atoms with Crippen LogP contribution in [0.3, 0.4) is 0 Å². The zero-order chi connectivity index (χ0) is 18.4. The van der Waals surface area contributed by atoms with E-state index in [2.05, 4.69) is 5.32 Å². The van der Waals surface area contributed by atoms with Crippen LogP contribution in [-0.4, -0.2) is 22.8 Å². The van der Waals surface area contributed by atoms with Crippen molar-refractivity contribution >= 4 is 11.8 Å². The third-order valence-corrected chi connectivity index (χ3v) is 5.81. The fourth-order valence-electron chi connectivity index (χ4n) is 4.47. The molecule has 1 unspecified atom stereocenters. The van der Waals surface area contributed by atoms with E-state index in [1.807, 2.05) is 29.2 Å². The van der Waals surface area contributed by atoms with E-state index in [0.717, 1.165) is 36.8 Å². The summed E-state index contributed by atoms with van der Waals surface area (Å²) in [5, 5.41) is 3.03. The van der Waals surface area contributed by atoms with Crippen LogP contribution in [0.15, 0.2) is 24.3 Å². The summed E-state index contributed by atoms with van der Waals surface area (Å²) >= 11 is 0. The lowest BCUT2D eigenvalue weighted by molar-refractivity contribution is -0.120. The predicted molar refractivity (Wildman–Crippen MR) is 104 cm³/mol. The van der Waals surface area contributed by atoms with Gasteiger partial charge in [0, 0.05) is 24.1 Å². The second-order valence-corrected chi connectivity index (χ2v) is 7.82. The molecule has 2 amide bonds. The molecular weight excluding hydrogens is 324 g/mol. The van der Waals surface area contributed by atoms with Crippen molar-refractivity contribution in [1.82, 2.24) is 10.2 Å². The minimum atomic E-state index is -0.311. The summed E-state index contributed by atoms with van der Waals surface area (Å²) in [6.45, 7) is 1.53. The lowest BCUT2D eigenvalue weighted by Crippen LogP contribution is -2.45.